The van der Waals surface area contributed by atoms with Crippen LogP contribution in [0.15, 0.2) is 144 Å². The van der Waals surface area contributed by atoms with Gasteiger partial charge in [-0.3, -0.25) is 9.11 Å². The standard InChI is InChI=1S/C34H26ClN9O7S2/c35-24-16-27(26(37)17-25(24)36)42-39-22-10-6-18(7-11-22)19-8-12-23(13-9-19)41-43-32-28(52(46,47)48)14-20-15-29(53(49,50)51)33(34(45)30(20)31(32)38)44-40-21-4-2-1-3-5-21/h1-17,45H,36-38H2,(H,46,47,48)(H,49,50,51). The third-order valence-electron chi connectivity index (χ3n) is 7.64. The number of azo groups is 3. The number of phenols is 1. The molecule has 0 saturated carbocycles. The first kappa shape index (κ1) is 36.5. The Bertz CT molecular complexity index is 2710. The summed E-state index contributed by atoms with van der Waals surface area (Å²) in [5, 5.41) is 35.1. The number of fused-ring (bicyclic) bond motifs is 1. The van der Waals surface area contributed by atoms with Crippen LogP contribution in [0, 0.1) is 0 Å². The highest BCUT2D eigenvalue weighted by Gasteiger charge is 2.28. The lowest BCUT2D eigenvalue weighted by molar-refractivity contribution is 0.472. The molecule has 6 aromatic rings. The molecule has 6 aromatic carbocycles. The summed E-state index contributed by atoms with van der Waals surface area (Å²) in [6.45, 7) is 0. The van der Waals surface area contributed by atoms with E-state index in [1.54, 1.807) is 66.7 Å². The van der Waals surface area contributed by atoms with Gasteiger partial charge in [0.1, 0.15) is 26.9 Å². The molecule has 0 saturated heterocycles. The third-order valence-corrected chi connectivity index (χ3v) is 9.71. The van der Waals surface area contributed by atoms with Gasteiger partial charge in [0.15, 0.2) is 5.75 Å². The highest BCUT2D eigenvalue weighted by molar-refractivity contribution is 7.86. The molecule has 0 aliphatic rings. The average Bonchev–Trinajstić information content (AvgIpc) is 3.11. The van der Waals surface area contributed by atoms with E-state index in [4.69, 9.17) is 28.8 Å². The van der Waals surface area contributed by atoms with Crippen molar-refractivity contribution in [2.75, 3.05) is 17.2 Å². The molecule has 0 heterocycles. The largest absolute Gasteiger partial charge is 0.505 e. The van der Waals surface area contributed by atoms with Crippen molar-refractivity contribution in [3.63, 3.8) is 0 Å². The molecule has 0 atom stereocenters. The van der Waals surface area contributed by atoms with Crippen LogP contribution in [0.5, 0.6) is 5.75 Å². The molecule has 16 nitrogen and oxygen atoms in total. The van der Waals surface area contributed by atoms with Gasteiger partial charge in [-0.1, -0.05) is 54.1 Å². The SMILES string of the molecule is Nc1cc(N)c(N=Nc2ccc(-c3ccc(N=Nc4c(S(=O)(=O)O)cc5cc(S(=O)(=O)O)c(N=Nc6ccccc6)c(O)c5c4N)cc3)cc2)cc1Cl. The molecule has 9 N–H and O–H groups in total. The van der Waals surface area contributed by atoms with Gasteiger partial charge in [0.05, 0.1) is 44.5 Å². The number of nitrogens with two attached hydrogens (primary N) is 3. The summed E-state index contributed by atoms with van der Waals surface area (Å²) in [4.78, 5) is -1.74. The molecule has 0 amide bonds. The van der Waals surface area contributed by atoms with Crippen molar-refractivity contribution < 1.29 is 31.0 Å². The van der Waals surface area contributed by atoms with Crippen molar-refractivity contribution in [3.05, 3.63) is 108 Å². The Hall–Kier alpha value is -6.31. The summed E-state index contributed by atoms with van der Waals surface area (Å²) in [6, 6.07) is 26.5. The van der Waals surface area contributed by atoms with Crippen LogP contribution >= 0.6 is 11.6 Å². The van der Waals surface area contributed by atoms with Gasteiger partial charge in [-0.05, 0) is 77.2 Å². The van der Waals surface area contributed by atoms with Gasteiger partial charge in [-0.15, -0.1) is 15.3 Å². The molecular formula is C34H26ClN9O7S2. The topological polar surface area (TPSA) is 281 Å². The number of phenolic OH excluding ortho intramolecular Hbond substituents is 1. The van der Waals surface area contributed by atoms with Gasteiger partial charge < -0.3 is 22.3 Å². The first-order chi connectivity index (χ1) is 25.1. The van der Waals surface area contributed by atoms with Crippen molar-refractivity contribution >= 4 is 93.8 Å². The number of benzene rings is 6. The maximum Gasteiger partial charge on any atom is 0.296 e. The molecule has 53 heavy (non-hydrogen) atoms. The second-order valence-corrected chi connectivity index (χ2v) is 14.4. The maximum absolute atomic E-state index is 12.4. The second kappa shape index (κ2) is 14.4. The minimum absolute atomic E-state index is 0.253. The summed E-state index contributed by atoms with van der Waals surface area (Å²) in [6.07, 6.45) is 0. The fourth-order valence-electron chi connectivity index (χ4n) is 5.05. The Balaban J connectivity index is 1.32. The second-order valence-electron chi connectivity index (χ2n) is 11.2. The van der Waals surface area contributed by atoms with E-state index in [0.29, 0.717) is 27.8 Å². The van der Waals surface area contributed by atoms with E-state index in [9.17, 15) is 31.0 Å². The molecule has 0 spiro atoms. The zero-order valence-corrected chi connectivity index (χ0v) is 29.3. The number of halogens is 1. The van der Waals surface area contributed by atoms with Crippen LogP contribution in [-0.4, -0.2) is 31.0 Å². The number of hydrogen-bond donors (Lipinski definition) is 6. The van der Waals surface area contributed by atoms with Gasteiger partial charge in [-0.25, -0.2) is 0 Å². The van der Waals surface area contributed by atoms with Crippen LogP contribution < -0.4 is 17.2 Å². The van der Waals surface area contributed by atoms with Gasteiger partial charge in [0.25, 0.3) is 20.2 Å². The summed E-state index contributed by atoms with van der Waals surface area (Å²) < 4.78 is 69.4. The van der Waals surface area contributed by atoms with Crippen LogP contribution in [0.25, 0.3) is 21.9 Å². The number of hydrogen-bond acceptors (Lipinski definition) is 14. The normalized spacial score (nSPS) is 12.4. The van der Waals surface area contributed by atoms with Gasteiger partial charge in [0, 0.05) is 0 Å². The van der Waals surface area contributed by atoms with Gasteiger partial charge in [0.2, 0.25) is 0 Å². The summed E-state index contributed by atoms with van der Waals surface area (Å²) >= 11 is 6.05. The Morgan fingerprint density at radius 1 is 0.547 bits per heavy atom. The molecule has 0 bridgehead atoms. The zero-order valence-electron chi connectivity index (χ0n) is 26.9. The van der Waals surface area contributed by atoms with Crippen LogP contribution in [0.1, 0.15) is 0 Å². The van der Waals surface area contributed by atoms with Crippen molar-refractivity contribution in [1.29, 1.82) is 0 Å². The zero-order chi connectivity index (χ0) is 38.1. The smallest absolute Gasteiger partial charge is 0.296 e. The molecule has 19 heteroatoms. The Labute approximate surface area is 306 Å². The van der Waals surface area contributed by atoms with Gasteiger partial charge >= 0.3 is 0 Å². The highest BCUT2D eigenvalue weighted by Crippen LogP contribution is 2.48. The first-order valence-corrected chi connectivity index (χ1v) is 18.3. The number of rotatable bonds is 9. The highest BCUT2D eigenvalue weighted by atomic mass is 35.5. The quantitative estimate of drug-likeness (QED) is 0.0460. The van der Waals surface area contributed by atoms with Crippen molar-refractivity contribution in [2.24, 2.45) is 30.7 Å². The summed E-state index contributed by atoms with van der Waals surface area (Å²) in [5.41, 5.74) is 20.0. The molecule has 0 aliphatic carbocycles. The third kappa shape index (κ3) is 7.96. The average molecular weight is 772 g/mol. The number of aromatic hydroxyl groups is 1. The fraction of sp³-hybridized carbons (Fsp3) is 0. The number of anilines is 3. The number of nitrogen functional groups attached to an aromatic ring is 3. The molecular weight excluding hydrogens is 746 g/mol. The Morgan fingerprint density at radius 2 is 1.02 bits per heavy atom. The van der Waals surface area contributed by atoms with E-state index >= 15 is 0 Å². The first-order valence-electron chi connectivity index (χ1n) is 15.0. The van der Waals surface area contributed by atoms with Gasteiger partial charge in [-0.2, -0.15) is 32.2 Å². The minimum atomic E-state index is -5.04. The van der Waals surface area contributed by atoms with Crippen LogP contribution in [-0.2, 0) is 20.2 Å². The maximum atomic E-state index is 12.4. The minimum Gasteiger partial charge on any atom is -0.505 e. The molecule has 0 aromatic heterocycles. The van der Waals surface area contributed by atoms with E-state index in [-0.39, 0.29) is 22.1 Å². The van der Waals surface area contributed by atoms with E-state index < -0.39 is 52.8 Å². The Morgan fingerprint density at radius 3 is 1.55 bits per heavy atom. The van der Waals surface area contributed by atoms with Crippen molar-refractivity contribution in [3.8, 4) is 16.9 Å². The predicted molar refractivity (Wildman–Crippen MR) is 201 cm³/mol. The van der Waals surface area contributed by atoms with Crippen molar-refractivity contribution in [2.45, 2.75) is 9.79 Å². The van der Waals surface area contributed by atoms with Crippen LogP contribution in [0.2, 0.25) is 5.02 Å². The Kier molecular flexibility index (Phi) is 9.89. The lowest BCUT2D eigenvalue weighted by Crippen LogP contribution is -2.03. The fourth-order valence-corrected chi connectivity index (χ4v) is 6.54. The molecule has 0 fully saturated rings. The molecule has 0 unspecified atom stereocenters. The van der Waals surface area contributed by atoms with E-state index in [1.165, 1.54) is 12.1 Å². The monoisotopic (exact) mass is 771 g/mol. The van der Waals surface area contributed by atoms with Crippen LogP contribution in [0.3, 0.4) is 0 Å². The molecule has 268 valence electrons. The van der Waals surface area contributed by atoms with E-state index in [0.717, 1.165) is 23.3 Å². The van der Waals surface area contributed by atoms with E-state index in [2.05, 4.69) is 30.7 Å². The van der Waals surface area contributed by atoms with Crippen LogP contribution in [0.4, 0.5) is 51.2 Å². The van der Waals surface area contributed by atoms with E-state index in [1.807, 2.05) is 12.1 Å². The number of nitrogens with zero attached hydrogens (tertiary/aromatic N) is 6. The molecule has 0 aliphatic heterocycles. The lowest BCUT2D eigenvalue weighted by atomic mass is 10.0. The predicted octanol–water partition coefficient (Wildman–Crippen LogP) is 9.35. The molecule has 6 rings (SSSR count). The summed E-state index contributed by atoms with van der Waals surface area (Å²) in [5.74, 6) is -0.860. The van der Waals surface area contributed by atoms with Crippen molar-refractivity contribution in [1.82, 2.24) is 0 Å². The molecule has 0 radical (unpaired) electrons. The lowest BCUT2D eigenvalue weighted by Gasteiger charge is -2.14. The summed E-state index contributed by atoms with van der Waals surface area (Å²) in [7, 11) is -10.1.